The fourth-order valence-corrected chi connectivity index (χ4v) is 4.80. The predicted molar refractivity (Wildman–Crippen MR) is 130 cm³/mol. The first-order valence-corrected chi connectivity index (χ1v) is 11.8. The highest BCUT2D eigenvalue weighted by Crippen LogP contribution is 2.34. The number of fused-ring (bicyclic) bond motifs is 1. The molecule has 184 valence electrons. The molecule has 4 heterocycles. The molecule has 0 spiro atoms. The van der Waals surface area contributed by atoms with Crippen molar-refractivity contribution in [3.8, 4) is 0 Å². The number of carbonyl (C=O) groups is 2. The molecule has 5 rings (SSSR count). The predicted octanol–water partition coefficient (Wildman–Crippen LogP) is 2.58. The van der Waals surface area contributed by atoms with Gasteiger partial charge < -0.3 is 29.7 Å². The Balaban J connectivity index is 1.36. The Morgan fingerprint density at radius 3 is 2.46 bits per heavy atom. The largest absolute Gasteiger partial charge is 0.465 e. The van der Waals surface area contributed by atoms with E-state index in [2.05, 4.69) is 25.1 Å². The fourth-order valence-electron chi connectivity index (χ4n) is 4.80. The first-order valence-electron chi connectivity index (χ1n) is 11.8. The molecule has 1 saturated heterocycles. The van der Waals surface area contributed by atoms with Crippen LogP contribution in [0.1, 0.15) is 42.2 Å². The number of hydrogen-bond donors (Lipinski definition) is 2. The lowest BCUT2D eigenvalue weighted by Crippen LogP contribution is -2.48. The number of nitrogens with zero attached hydrogens (tertiary/aromatic N) is 8. The first kappa shape index (κ1) is 22.8. The summed E-state index contributed by atoms with van der Waals surface area (Å²) in [6, 6.07) is 5.77. The lowest BCUT2D eigenvalue weighted by Gasteiger charge is -2.33. The number of hydrogen-bond acceptors (Lipinski definition) is 8. The standard InChI is InChI=1S/C23H29N9O3/c1-29(2)21(33)17-13-15-14-24-22(26-20(15)32(17)16-5-3-4-6-16)25-18-7-8-19(28-27-18)30-9-11-31(12-10-30)23(34)35/h7-8,13-14,16H,3-6,9-12H2,1-2H3,(H,34,35)(H,24,25,26,27). The van der Waals surface area contributed by atoms with Crippen molar-refractivity contribution in [1.82, 2.24) is 34.5 Å². The lowest BCUT2D eigenvalue weighted by atomic mass is 10.2. The number of nitrogens with one attached hydrogen (secondary N) is 1. The van der Waals surface area contributed by atoms with Crippen LogP contribution in [0.5, 0.6) is 0 Å². The molecular weight excluding hydrogens is 450 g/mol. The van der Waals surface area contributed by atoms with Gasteiger partial charge in [-0.15, -0.1) is 10.2 Å². The number of piperazine rings is 1. The normalized spacial score (nSPS) is 16.6. The molecule has 0 atom stereocenters. The van der Waals surface area contributed by atoms with Crippen LogP contribution in [0.15, 0.2) is 24.4 Å². The van der Waals surface area contributed by atoms with Gasteiger partial charge in [0, 0.05) is 57.9 Å². The number of rotatable bonds is 5. The summed E-state index contributed by atoms with van der Waals surface area (Å²) in [6.45, 7) is 2.01. The first-order chi connectivity index (χ1) is 16.9. The highest BCUT2D eigenvalue weighted by Gasteiger charge is 2.26. The summed E-state index contributed by atoms with van der Waals surface area (Å²) in [5, 5.41) is 21.6. The summed E-state index contributed by atoms with van der Waals surface area (Å²) in [5.74, 6) is 1.53. The average molecular weight is 480 g/mol. The van der Waals surface area contributed by atoms with Crippen LogP contribution in [0, 0.1) is 0 Å². The molecule has 0 bridgehead atoms. The van der Waals surface area contributed by atoms with E-state index in [4.69, 9.17) is 10.1 Å². The lowest BCUT2D eigenvalue weighted by molar-refractivity contribution is 0.0815. The number of amides is 2. The van der Waals surface area contributed by atoms with Crippen molar-refractivity contribution in [3.05, 3.63) is 30.1 Å². The van der Waals surface area contributed by atoms with E-state index in [9.17, 15) is 9.59 Å². The molecular formula is C23H29N9O3. The Morgan fingerprint density at radius 2 is 1.83 bits per heavy atom. The molecule has 1 aliphatic carbocycles. The smallest absolute Gasteiger partial charge is 0.407 e. The molecule has 2 N–H and O–H groups in total. The van der Waals surface area contributed by atoms with Crippen LogP contribution in [0.4, 0.5) is 22.4 Å². The van der Waals surface area contributed by atoms with Crippen molar-refractivity contribution in [1.29, 1.82) is 0 Å². The molecule has 2 aliphatic rings. The summed E-state index contributed by atoms with van der Waals surface area (Å²) in [5.41, 5.74) is 1.37. The molecule has 0 unspecified atom stereocenters. The van der Waals surface area contributed by atoms with Crippen LogP contribution >= 0.6 is 0 Å². The molecule has 2 amide bonds. The minimum Gasteiger partial charge on any atom is -0.465 e. The summed E-state index contributed by atoms with van der Waals surface area (Å²) >= 11 is 0. The van der Waals surface area contributed by atoms with Crippen molar-refractivity contribution < 1.29 is 14.7 Å². The Labute approximate surface area is 202 Å². The molecule has 35 heavy (non-hydrogen) atoms. The summed E-state index contributed by atoms with van der Waals surface area (Å²) < 4.78 is 2.07. The zero-order valence-electron chi connectivity index (χ0n) is 19.9. The minimum atomic E-state index is -0.899. The average Bonchev–Trinajstić information content (AvgIpc) is 3.51. The van der Waals surface area contributed by atoms with Crippen molar-refractivity contribution in [2.75, 3.05) is 50.5 Å². The van der Waals surface area contributed by atoms with Gasteiger partial charge in [-0.05, 0) is 31.0 Å². The number of carbonyl (C=O) groups excluding carboxylic acids is 1. The third kappa shape index (κ3) is 4.55. The van der Waals surface area contributed by atoms with Gasteiger partial charge >= 0.3 is 6.09 Å². The third-order valence-corrected chi connectivity index (χ3v) is 6.66. The van der Waals surface area contributed by atoms with E-state index < -0.39 is 6.09 Å². The number of aromatic nitrogens is 5. The third-order valence-electron chi connectivity index (χ3n) is 6.66. The van der Waals surface area contributed by atoms with E-state index in [-0.39, 0.29) is 11.9 Å². The van der Waals surface area contributed by atoms with E-state index in [1.54, 1.807) is 31.3 Å². The zero-order chi connectivity index (χ0) is 24.5. The SMILES string of the molecule is CN(C)C(=O)c1cc2cnc(Nc3ccc(N4CCN(C(=O)O)CC4)nn3)nc2n1C1CCCC1. The van der Waals surface area contributed by atoms with Gasteiger partial charge in [0.1, 0.15) is 11.3 Å². The summed E-state index contributed by atoms with van der Waals surface area (Å²) in [4.78, 5) is 38.1. The highest BCUT2D eigenvalue weighted by molar-refractivity contribution is 5.97. The molecule has 1 saturated carbocycles. The van der Waals surface area contributed by atoms with E-state index in [1.165, 1.54) is 4.90 Å². The minimum absolute atomic E-state index is 0.0462. The second-order valence-corrected chi connectivity index (χ2v) is 9.17. The van der Waals surface area contributed by atoms with Crippen LogP contribution in [0.2, 0.25) is 0 Å². The maximum Gasteiger partial charge on any atom is 0.407 e. The summed E-state index contributed by atoms with van der Waals surface area (Å²) in [6.07, 6.45) is 5.17. The Kier molecular flexibility index (Phi) is 6.10. The maximum atomic E-state index is 12.9. The van der Waals surface area contributed by atoms with Gasteiger partial charge in [-0.2, -0.15) is 4.98 Å². The van der Waals surface area contributed by atoms with Crippen molar-refractivity contribution in [2.24, 2.45) is 0 Å². The van der Waals surface area contributed by atoms with Crippen molar-refractivity contribution >= 4 is 40.6 Å². The monoisotopic (exact) mass is 479 g/mol. The van der Waals surface area contributed by atoms with Gasteiger partial charge in [-0.25, -0.2) is 9.78 Å². The van der Waals surface area contributed by atoms with Crippen LogP contribution in [0.25, 0.3) is 11.0 Å². The van der Waals surface area contributed by atoms with Gasteiger partial charge in [-0.1, -0.05) is 12.8 Å². The Bertz CT molecular complexity index is 1230. The van der Waals surface area contributed by atoms with Gasteiger partial charge in [-0.3, -0.25) is 4.79 Å². The highest BCUT2D eigenvalue weighted by atomic mass is 16.4. The van der Waals surface area contributed by atoms with E-state index in [0.29, 0.717) is 49.5 Å². The molecule has 12 nitrogen and oxygen atoms in total. The van der Waals surface area contributed by atoms with Crippen LogP contribution in [0.3, 0.4) is 0 Å². The van der Waals surface area contributed by atoms with E-state index in [0.717, 1.165) is 36.7 Å². The van der Waals surface area contributed by atoms with Gasteiger partial charge in [0.15, 0.2) is 11.6 Å². The zero-order valence-corrected chi connectivity index (χ0v) is 19.9. The van der Waals surface area contributed by atoms with Crippen molar-refractivity contribution in [3.63, 3.8) is 0 Å². The molecule has 0 aromatic carbocycles. The Morgan fingerprint density at radius 1 is 1.09 bits per heavy atom. The van der Waals surface area contributed by atoms with Gasteiger partial charge in [0.25, 0.3) is 5.91 Å². The van der Waals surface area contributed by atoms with Crippen molar-refractivity contribution in [2.45, 2.75) is 31.7 Å². The maximum absolute atomic E-state index is 12.9. The van der Waals surface area contributed by atoms with Crippen LogP contribution in [-0.4, -0.2) is 91.9 Å². The van der Waals surface area contributed by atoms with Gasteiger partial charge in [0.05, 0.1) is 0 Å². The van der Waals surface area contributed by atoms with E-state index in [1.807, 2.05) is 17.0 Å². The van der Waals surface area contributed by atoms with Gasteiger partial charge in [0.2, 0.25) is 5.95 Å². The van der Waals surface area contributed by atoms with Crippen LogP contribution < -0.4 is 10.2 Å². The number of carboxylic acid groups (broad SMARTS) is 1. The Hall–Kier alpha value is -3.96. The fraction of sp³-hybridized carbons (Fsp3) is 0.478. The molecule has 1 aliphatic heterocycles. The topological polar surface area (TPSA) is 133 Å². The second kappa shape index (κ2) is 9.35. The second-order valence-electron chi connectivity index (χ2n) is 9.17. The quantitative estimate of drug-likeness (QED) is 0.566. The molecule has 3 aromatic heterocycles. The molecule has 0 radical (unpaired) electrons. The molecule has 3 aromatic rings. The molecule has 12 heteroatoms. The number of anilines is 3. The van der Waals surface area contributed by atoms with E-state index >= 15 is 0 Å². The summed E-state index contributed by atoms with van der Waals surface area (Å²) in [7, 11) is 3.51. The van der Waals surface area contributed by atoms with Crippen LogP contribution in [-0.2, 0) is 0 Å². The molecule has 2 fully saturated rings.